The van der Waals surface area contributed by atoms with Gasteiger partial charge >= 0.3 is 0 Å². The molecule has 2 unspecified atom stereocenters. The van der Waals surface area contributed by atoms with E-state index in [4.69, 9.17) is 5.73 Å². The predicted octanol–water partition coefficient (Wildman–Crippen LogP) is 3.31. The van der Waals surface area contributed by atoms with E-state index in [0.29, 0.717) is 11.8 Å². The van der Waals surface area contributed by atoms with Crippen LogP contribution in [0.4, 0.5) is 10.1 Å². The number of amides is 1. The highest BCUT2D eigenvalue weighted by Gasteiger charge is 2.42. The van der Waals surface area contributed by atoms with Gasteiger partial charge in [-0.2, -0.15) is 0 Å². The number of benzene rings is 1. The number of hydrogen-bond donors (Lipinski definition) is 2. The molecule has 0 bridgehead atoms. The van der Waals surface area contributed by atoms with Gasteiger partial charge in [-0.25, -0.2) is 4.39 Å². The van der Waals surface area contributed by atoms with Gasteiger partial charge in [0, 0.05) is 5.69 Å². The molecule has 1 amide bonds. The summed E-state index contributed by atoms with van der Waals surface area (Å²) in [5.74, 6) is 0.424. The third-order valence-electron chi connectivity index (χ3n) is 4.43. The zero-order valence-electron chi connectivity index (χ0n) is 12.2. The van der Waals surface area contributed by atoms with Crippen LogP contribution in [0.25, 0.3) is 0 Å². The maximum Gasteiger partial charge on any atom is 0.243 e. The quantitative estimate of drug-likeness (QED) is 0.887. The van der Waals surface area contributed by atoms with E-state index in [1.54, 1.807) is 12.1 Å². The first-order chi connectivity index (χ1) is 9.43. The van der Waals surface area contributed by atoms with Crippen LogP contribution in [0.1, 0.15) is 39.5 Å². The van der Waals surface area contributed by atoms with Crippen molar-refractivity contribution >= 4 is 11.6 Å². The topological polar surface area (TPSA) is 55.1 Å². The Balaban J connectivity index is 2.21. The van der Waals surface area contributed by atoms with Crippen molar-refractivity contribution in [3.63, 3.8) is 0 Å². The molecule has 1 aliphatic rings. The number of nitrogens with one attached hydrogen (secondary N) is 1. The minimum atomic E-state index is -0.703. The van der Waals surface area contributed by atoms with Crippen LogP contribution in [-0.4, -0.2) is 11.4 Å². The lowest BCUT2D eigenvalue weighted by Gasteiger charge is -2.41. The smallest absolute Gasteiger partial charge is 0.243 e. The number of rotatable bonds is 4. The first-order valence-electron chi connectivity index (χ1n) is 7.26. The molecular weight excluding hydrogens is 255 g/mol. The Kier molecular flexibility index (Phi) is 4.31. The summed E-state index contributed by atoms with van der Waals surface area (Å²) < 4.78 is 13.0. The van der Waals surface area contributed by atoms with Crippen molar-refractivity contribution in [2.24, 2.45) is 17.6 Å². The molecule has 2 rings (SSSR count). The Bertz CT molecular complexity index is 472. The first kappa shape index (κ1) is 14.8. The van der Waals surface area contributed by atoms with Gasteiger partial charge in [0.25, 0.3) is 0 Å². The maximum absolute atomic E-state index is 13.0. The fraction of sp³-hybridized carbons (Fsp3) is 0.562. The molecule has 2 atom stereocenters. The first-order valence-corrected chi connectivity index (χ1v) is 7.26. The van der Waals surface area contributed by atoms with Gasteiger partial charge in [0.2, 0.25) is 5.91 Å². The number of hydrogen-bond acceptors (Lipinski definition) is 2. The summed E-state index contributed by atoms with van der Waals surface area (Å²) in [4.78, 5) is 12.0. The fourth-order valence-electron chi connectivity index (χ4n) is 3.10. The molecule has 3 N–H and O–H groups in total. The van der Waals surface area contributed by atoms with Crippen molar-refractivity contribution in [1.29, 1.82) is 0 Å². The number of carbonyl (C=O) groups is 1. The molecule has 1 saturated carbocycles. The van der Waals surface area contributed by atoms with Crippen LogP contribution < -0.4 is 11.1 Å². The highest BCUT2D eigenvalue weighted by atomic mass is 19.1. The third kappa shape index (κ3) is 3.11. The van der Waals surface area contributed by atoms with E-state index in [9.17, 15) is 9.18 Å². The van der Waals surface area contributed by atoms with Gasteiger partial charge in [0.05, 0.1) is 0 Å². The second-order valence-corrected chi connectivity index (χ2v) is 6.18. The number of anilines is 1. The summed E-state index contributed by atoms with van der Waals surface area (Å²) in [6.07, 6.45) is 3.61. The van der Waals surface area contributed by atoms with Crippen LogP contribution in [0.5, 0.6) is 0 Å². The van der Waals surface area contributed by atoms with E-state index >= 15 is 0 Å². The fourth-order valence-corrected chi connectivity index (χ4v) is 3.10. The average Bonchev–Trinajstić information content (AvgIpc) is 2.41. The second kappa shape index (κ2) is 5.81. The molecular formula is C16H23FN2O. The van der Waals surface area contributed by atoms with E-state index in [0.717, 1.165) is 31.4 Å². The molecule has 1 aromatic carbocycles. The zero-order valence-corrected chi connectivity index (χ0v) is 12.2. The molecule has 0 saturated heterocycles. The molecule has 4 heteroatoms. The number of nitrogens with two attached hydrogens (primary N) is 1. The molecule has 0 aliphatic heterocycles. The summed E-state index contributed by atoms with van der Waals surface area (Å²) in [6, 6.07) is 6.08. The van der Waals surface area contributed by atoms with E-state index in [1.165, 1.54) is 12.1 Å². The second-order valence-electron chi connectivity index (χ2n) is 6.18. The van der Waals surface area contributed by atoms with Crippen LogP contribution in [0.2, 0.25) is 0 Å². The Morgan fingerprint density at radius 1 is 1.40 bits per heavy atom. The molecule has 0 heterocycles. The Labute approximate surface area is 119 Å². The molecule has 1 aromatic rings. The van der Waals surface area contributed by atoms with Gasteiger partial charge in [-0.15, -0.1) is 0 Å². The molecule has 1 fully saturated rings. The van der Waals surface area contributed by atoms with Crippen molar-refractivity contribution < 1.29 is 9.18 Å². The summed E-state index contributed by atoms with van der Waals surface area (Å²) in [6.45, 7) is 4.36. The van der Waals surface area contributed by atoms with Crippen molar-refractivity contribution in [3.05, 3.63) is 30.1 Å². The highest BCUT2D eigenvalue weighted by Crippen LogP contribution is 2.38. The highest BCUT2D eigenvalue weighted by molar-refractivity contribution is 5.88. The van der Waals surface area contributed by atoms with Crippen LogP contribution in [0.15, 0.2) is 24.3 Å². The Morgan fingerprint density at radius 3 is 2.60 bits per heavy atom. The number of primary amides is 1. The summed E-state index contributed by atoms with van der Waals surface area (Å²) in [5.41, 5.74) is 5.71. The zero-order chi connectivity index (χ0) is 14.8. The van der Waals surface area contributed by atoms with E-state index < -0.39 is 5.54 Å². The lowest BCUT2D eigenvalue weighted by atomic mass is 9.71. The van der Waals surface area contributed by atoms with E-state index in [2.05, 4.69) is 19.2 Å². The van der Waals surface area contributed by atoms with E-state index in [1.807, 2.05) is 0 Å². The Morgan fingerprint density at radius 2 is 2.05 bits per heavy atom. The van der Waals surface area contributed by atoms with Crippen molar-refractivity contribution in [3.8, 4) is 0 Å². The van der Waals surface area contributed by atoms with Crippen LogP contribution in [0, 0.1) is 17.7 Å². The molecule has 1 aliphatic carbocycles. The molecule has 0 aromatic heterocycles. The minimum Gasteiger partial charge on any atom is -0.371 e. The molecule has 110 valence electrons. The summed E-state index contributed by atoms with van der Waals surface area (Å²) in [5, 5.41) is 3.26. The standard InChI is InChI=1S/C16H23FN2O/c1-11(2)12-4-3-9-16(10-12,15(18)20)19-14-7-5-13(17)6-8-14/h5-8,11-12,19H,3-4,9-10H2,1-2H3,(H2,18,20). The van der Waals surface area contributed by atoms with E-state index in [-0.39, 0.29) is 11.7 Å². The lowest BCUT2D eigenvalue weighted by molar-refractivity contribution is -0.124. The van der Waals surface area contributed by atoms with Crippen LogP contribution >= 0.6 is 0 Å². The normalized spacial score (nSPS) is 26.5. The number of halogens is 1. The number of carbonyl (C=O) groups excluding carboxylic acids is 1. The molecule has 3 nitrogen and oxygen atoms in total. The van der Waals surface area contributed by atoms with Gasteiger partial charge in [-0.05, 0) is 55.4 Å². The summed E-state index contributed by atoms with van der Waals surface area (Å²) in [7, 11) is 0. The van der Waals surface area contributed by atoms with Crippen molar-refractivity contribution in [2.45, 2.75) is 45.1 Å². The maximum atomic E-state index is 13.0. The molecule has 0 radical (unpaired) electrons. The van der Waals surface area contributed by atoms with Crippen molar-refractivity contribution in [1.82, 2.24) is 0 Å². The van der Waals surface area contributed by atoms with Crippen molar-refractivity contribution in [2.75, 3.05) is 5.32 Å². The SMILES string of the molecule is CC(C)C1CCCC(Nc2ccc(F)cc2)(C(N)=O)C1. The minimum absolute atomic E-state index is 0.285. The van der Waals surface area contributed by atoms with Gasteiger partial charge in [0.1, 0.15) is 11.4 Å². The molecule has 20 heavy (non-hydrogen) atoms. The molecule has 0 spiro atoms. The van der Waals surface area contributed by atoms with Gasteiger partial charge in [0.15, 0.2) is 0 Å². The Hall–Kier alpha value is -1.58. The van der Waals surface area contributed by atoms with Crippen LogP contribution in [-0.2, 0) is 4.79 Å². The lowest BCUT2D eigenvalue weighted by Crippen LogP contribution is -2.53. The third-order valence-corrected chi connectivity index (χ3v) is 4.43. The predicted molar refractivity (Wildman–Crippen MR) is 78.7 cm³/mol. The van der Waals surface area contributed by atoms with Gasteiger partial charge in [-0.3, -0.25) is 4.79 Å². The average molecular weight is 278 g/mol. The van der Waals surface area contributed by atoms with Gasteiger partial charge in [-0.1, -0.05) is 20.3 Å². The monoisotopic (exact) mass is 278 g/mol. The largest absolute Gasteiger partial charge is 0.371 e. The van der Waals surface area contributed by atoms with Crippen LogP contribution in [0.3, 0.4) is 0 Å². The summed E-state index contributed by atoms with van der Waals surface area (Å²) >= 11 is 0. The van der Waals surface area contributed by atoms with Gasteiger partial charge < -0.3 is 11.1 Å².